The molecule has 0 saturated carbocycles. The Morgan fingerprint density at radius 2 is 2.30 bits per heavy atom. The zero-order valence-electron chi connectivity index (χ0n) is 11.8. The van der Waals surface area contributed by atoms with Crippen molar-refractivity contribution in [2.24, 2.45) is 0 Å². The van der Waals surface area contributed by atoms with Crippen molar-refractivity contribution in [1.82, 2.24) is 15.1 Å². The molecule has 1 fully saturated rings. The van der Waals surface area contributed by atoms with Crippen molar-refractivity contribution in [3.63, 3.8) is 0 Å². The van der Waals surface area contributed by atoms with Crippen molar-refractivity contribution in [2.45, 2.75) is 44.5 Å². The van der Waals surface area contributed by atoms with Crippen LogP contribution in [0.5, 0.6) is 0 Å². The van der Waals surface area contributed by atoms with E-state index in [2.05, 4.69) is 22.4 Å². The van der Waals surface area contributed by atoms with Crippen LogP contribution in [0.1, 0.15) is 32.2 Å². The minimum absolute atomic E-state index is 0.200. The molecule has 2 rings (SSSR count). The van der Waals surface area contributed by atoms with Crippen molar-refractivity contribution in [1.29, 1.82) is 0 Å². The van der Waals surface area contributed by atoms with Crippen LogP contribution in [0, 0.1) is 0 Å². The topological polar surface area (TPSA) is 75.2 Å². The van der Waals surface area contributed by atoms with E-state index in [4.69, 9.17) is 0 Å². The molecular formula is C12H18N4O2S2. The van der Waals surface area contributed by atoms with Gasteiger partial charge in [-0.05, 0) is 20.3 Å². The van der Waals surface area contributed by atoms with Gasteiger partial charge < -0.3 is 4.90 Å². The first-order valence-electron chi connectivity index (χ1n) is 6.49. The van der Waals surface area contributed by atoms with Gasteiger partial charge >= 0.3 is 0 Å². The number of carbonyl (C=O) groups excluding carboxylic acids is 2. The molecule has 0 aliphatic carbocycles. The predicted molar refractivity (Wildman–Crippen MR) is 80.8 cm³/mol. The number of aromatic nitrogens is 2. The molecule has 0 radical (unpaired) electrons. The van der Waals surface area contributed by atoms with Crippen LogP contribution in [-0.2, 0) is 16.0 Å². The Kier molecular flexibility index (Phi) is 4.64. The van der Waals surface area contributed by atoms with Gasteiger partial charge in [0.25, 0.3) is 0 Å². The molecule has 0 bridgehead atoms. The van der Waals surface area contributed by atoms with Gasteiger partial charge in [-0.25, -0.2) is 0 Å². The summed E-state index contributed by atoms with van der Waals surface area (Å²) in [6, 6.07) is -0.453. The van der Waals surface area contributed by atoms with Crippen LogP contribution < -0.4 is 5.32 Å². The van der Waals surface area contributed by atoms with Gasteiger partial charge in [-0.1, -0.05) is 18.3 Å². The number of carbonyl (C=O) groups is 2. The maximum Gasteiger partial charge on any atom is 0.249 e. The summed E-state index contributed by atoms with van der Waals surface area (Å²) in [4.78, 5) is 24.6. The number of nitrogens with zero attached hydrogens (tertiary/aromatic N) is 3. The normalized spacial score (nSPS) is 20.9. The Labute approximate surface area is 126 Å². The predicted octanol–water partition coefficient (Wildman–Crippen LogP) is 1.74. The van der Waals surface area contributed by atoms with E-state index < -0.39 is 6.04 Å². The summed E-state index contributed by atoms with van der Waals surface area (Å²) >= 11 is 2.98. The average Bonchev–Trinajstić information content (AvgIpc) is 2.93. The summed E-state index contributed by atoms with van der Waals surface area (Å²) in [5, 5.41) is 12.1. The van der Waals surface area contributed by atoms with Crippen LogP contribution in [-0.4, -0.2) is 44.1 Å². The standard InChI is InChI=1S/C12H18N4O2S2/c1-4-5-9-14-15-11(20-9)13-10(18)8-6-19-12(2,3)16(8)7-17/h7-8H,4-6H2,1-3H3,(H,13,15,18). The van der Waals surface area contributed by atoms with Crippen molar-refractivity contribution >= 4 is 40.5 Å². The number of thioether (sulfide) groups is 1. The second kappa shape index (κ2) is 6.09. The fourth-order valence-electron chi connectivity index (χ4n) is 2.02. The molecule has 1 unspecified atom stereocenters. The quantitative estimate of drug-likeness (QED) is 0.838. The van der Waals surface area contributed by atoms with Crippen LogP contribution in [0.2, 0.25) is 0 Å². The maximum absolute atomic E-state index is 12.3. The highest BCUT2D eigenvalue weighted by molar-refractivity contribution is 8.00. The highest BCUT2D eigenvalue weighted by Crippen LogP contribution is 2.37. The third-order valence-electron chi connectivity index (χ3n) is 3.13. The molecule has 0 aromatic carbocycles. The minimum atomic E-state index is -0.453. The monoisotopic (exact) mass is 314 g/mol. The van der Waals surface area contributed by atoms with Crippen molar-refractivity contribution in [2.75, 3.05) is 11.1 Å². The van der Waals surface area contributed by atoms with Gasteiger partial charge in [-0.15, -0.1) is 22.0 Å². The van der Waals surface area contributed by atoms with E-state index in [1.54, 1.807) is 16.7 Å². The third kappa shape index (κ3) is 3.12. The second-order valence-electron chi connectivity index (χ2n) is 5.03. The van der Waals surface area contributed by atoms with E-state index in [1.807, 2.05) is 13.8 Å². The highest BCUT2D eigenvalue weighted by atomic mass is 32.2. The fraction of sp³-hybridized carbons (Fsp3) is 0.667. The van der Waals surface area contributed by atoms with Gasteiger partial charge in [-0.2, -0.15) is 0 Å². The first-order chi connectivity index (χ1) is 9.47. The SMILES string of the molecule is CCCc1nnc(NC(=O)C2CSC(C)(C)N2C=O)s1. The molecule has 0 spiro atoms. The molecule has 1 saturated heterocycles. The molecule has 1 aliphatic rings. The van der Waals surface area contributed by atoms with E-state index >= 15 is 0 Å². The number of aryl methyl sites for hydroxylation is 1. The summed E-state index contributed by atoms with van der Waals surface area (Å²) < 4.78 is 0. The summed E-state index contributed by atoms with van der Waals surface area (Å²) in [7, 11) is 0. The lowest BCUT2D eigenvalue weighted by Crippen LogP contribution is -2.47. The number of anilines is 1. The summed E-state index contributed by atoms with van der Waals surface area (Å²) in [6.45, 7) is 5.94. The molecule has 6 nitrogen and oxygen atoms in total. The first-order valence-corrected chi connectivity index (χ1v) is 8.29. The maximum atomic E-state index is 12.3. The largest absolute Gasteiger partial charge is 0.318 e. The summed E-state index contributed by atoms with van der Waals surface area (Å²) in [5.41, 5.74) is 0. The molecule has 1 N–H and O–H groups in total. The number of nitrogens with one attached hydrogen (secondary N) is 1. The first kappa shape index (κ1) is 15.2. The number of hydrogen-bond acceptors (Lipinski definition) is 6. The Morgan fingerprint density at radius 1 is 1.55 bits per heavy atom. The fourth-order valence-corrected chi connectivity index (χ4v) is 4.06. The molecule has 1 aromatic heterocycles. The Bertz CT molecular complexity index is 503. The lowest BCUT2D eigenvalue weighted by Gasteiger charge is -2.29. The van der Waals surface area contributed by atoms with Gasteiger partial charge in [0, 0.05) is 12.2 Å². The number of rotatable bonds is 5. The molecule has 1 aliphatic heterocycles. The zero-order valence-corrected chi connectivity index (χ0v) is 13.4. The van der Waals surface area contributed by atoms with E-state index in [9.17, 15) is 9.59 Å². The molecule has 110 valence electrons. The molecular weight excluding hydrogens is 296 g/mol. The summed E-state index contributed by atoms with van der Waals surface area (Å²) in [6.07, 6.45) is 2.60. The van der Waals surface area contributed by atoms with E-state index in [0.717, 1.165) is 24.3 Å². The van der Waals surface area contributed by atoms with E-state index in [0.29, 0.717) is 10.9 Å². The van der Waals surface area contributed by atoms with Crippen LogP contribution in [0.25, 0.3) is 0 Å². The van der Waals surface area contributed by atoms with Crippen LogP contribution in [0.3, 0.4) is 0 Å². The van der Waals surface area contributed by atoms with Gasteiger partial charge in [0.1, 0.15) is 11.0 Å². The number of hydrogen-bond donors (Lipinski definition) is 1. The molecule has 1 atom stereocenters. The van der Waals surface area contributed by atoms with Gasteiger partial charge in [-0.3, -0.25) is 14.9 Å². The zero-order chi connectivity index (χ0) is 14.8. The molecule has 1 aromatic rings. The lowest BCUT2D eigenvalue weighted by atomic mass is 10.2. The Balaban J connectivity index is 2.02. The smallest absolute Gasteiger partial charge is 0.249 e. The minimum Gasteiger partial charge on any atom is -0.318 e. The van der Waals surface area contributed by atoms with Gasteiger partial charge in [0.05, 0.1) is 4.87 Å². The van der Waals surface area contributed by atoms with E-state index in [-0.39, 0.29) is 10.8 Å². The lowest BCUT2D eigenvalue weighted by molar-refractivity contribution is -0.130. The molecule has 8 heteroatoms. The molecule has 20 heavy (non-hydrogen) atoms. The third-order valence-corrected chi connectivity index (χ3v) is 5.43. The second-order valence-corrected chi connectivity index (χ2v) is 7.71. The van der Waals surface area contributed by atoms with Crippen molar-refractivity contribution in [3.8, 4) is 0 Å². The highest BCUT2D eigenvalue weighted by Gasteiger charge is 2.43. The molecule has 2 amide bonds. The van der Waals surface area contributed by atoms with Crippen molar-refractivity contribution < 1.29 is 9.59 Å². The van der Waals surface area contributed by atoms with Crippen LogP contribution in [0.15, 0.2) is 0 Å². The Morgan fingerprint density at radius 3 is 2.95 bits per heavy atom. The Hall–Kier alpha value is -1.15. The molecule has 2 heterocycles. The number of amides is 2. The average molecular weight is 314 g/mol. The summed E-state index contributed by atoms with van der Waals surface area (Å²) in [5.74, 6) is 0.396. The van der Waals surface area contributed by atoms with Crippen LogP contribution in [0.4, 0.5) is 5.13 Å². The van der Waals surface area contributed by atoms with Crippen LogP contribution >= 0.6 is 23.1 Å². The van der Waals surface area contributed by atoms with E-state index in [1.165, 1.54) is 11.3 Å². The van der Waals surface area contributed by atoms with Gasteiger partial charge in [0.15, 0.2) is 0 Å². The van der Waals surface area contributed by atoms with Crippen molar-refractivity contribution in [3.05, 3.63) is 5.01 Å². The van der Waals surface area contributed by atoms with Gasteiger partial charge in [0.2, 0.25) is 17.4 Å².